The lowest BCUT2D eigenvalue weighted by Crippen LogP contribution is -2.46. The van der Waals surface area contributed by atoms with Crippen molar-refractivity contribution < 1.29 is 19.1 Å². The zero-order valence-corrected chi connectivity index (χ0v) is 21.8. The summed E-state index contributed by atoms with van der Waals surface area (Å²) in [7, 11) is 3.46. The standard InChI is InChI=1S/C31H36N2O4/c1-32-19-11-4-12-20-33(30(34)22-25-15-7-9-17-28(25)36-2)26(21-24-13-5-3-6-14-24)23-37-29-18-10-8-16-27(29)31(32)35/h3,5-10,13-18,26H,4,11-12,19-23H2,1-2H3/t26-/m0/s1. The maximum atomic E-state index is 13.8. The van der Waals surface area contributed by atoms with Gasteiger partial charge in [-0.2, -0.15) is 0 Å². The van der Waals surface area contributed by atoms with Crippen LogP contribution in [-0.4, -0.2) is 61.5 Å². The Morgan fingerprint density at radius 1 is 0.919 bits per heavy atom. The number of hydrogen-bond acceptors (Lipinski definition) is 4. The average molecular weight is 501 g/mol. The molecule has 4 rings (SSSR count). The predicted molar refractivity (Wildman–Crippen MR) is 145 cm³/mol. The molecule has 0 fully saturated rings. The first-order chi connectivity index (χ1) is 18.1. The first-order valence-electron chi connectivity index (χ1n) is 13.0. The molecular formula is C31H36N2O4. The van der Waals surface area contributed by atoms with Gasteiger partial charge in [0.2, 0.25) is 5.91 Å². The maximum Gasteiger partial charge on any atom is 0.257 e. The highest BCUT2D eigenvalue weighted by Gasteiger charge is 2.27. The van der Waals surface area contributed by atoms with Gasteiger partial charge >= 0.3 is 0 Å². The molecule has 6 nitrogen and oxygen atoms in total. The Hall–Kier alpha value is -3.80. The summed E-state index contributed by atoms with van der Waals surface area (Å²) in [6.45, 7) is 1.59. The summed E-state index contributed by atoms with van der Waals surface area (Å²) in [4.78, 5) is 30.7. The number of fused-ring (bicyclic) bond motifs is 1. The van der Waals surface area contributed by atoms with Gasteiger partial charge in [-0.25, -0.2) is 0 Å². The molecule has 0 spiro atoms. The van der Waals surface area contributed by atoms with Crippen LogP contribution < -0.4 is 9.47 Å². The second-order valence-electron chi connectivity index (χ2n) is 9.51. The van der Waals surface area contributed by atoms with Crippen LogP contribution in [0.25, 0.3) is 0 Å². The molecule has 0 saturated carbocycles. The highest BCUT2D eigenvalue weighted by molar-refractivity contribution is 5.96. The van der Waals surface area contributed by atoms with Gasteiger partial charge < -0.3 is 19.3 Å². The molecule has 0 aromatic heterocycles. The van der Waals surface area contributed by atoms with Crippen LogP contribution >= 0.6 is 0 Å². The summed E-state index contributed by atoms with van der Waals surface area (Å²) in [6.07, 6.45) is 3.58. The minimum absolute atomic E-state index is 0.0430. The molecule has 2 amide bonds. The monoisotopic (exact) mass is 500 g/mol. The van der Waals surface area contributed by atoms with Gasteiger partial charge in [0.25, 0.3) is 5.91 Å². The number of carbonyl (C=O) groups is 2. The van der Waals surface area contributed by atoms with Crippen LogP contribution in [-0.2, 0) is 17.6 Å². The molecule has 1 aliphatic heterocycles. The van der Waals surface area contributed by atoms with Crippen molar-refractivity contribution in [2.75, 3.05) is 33.9 Å². The number of amides is 2. The van der Waals surface area contributed by atoms with Crippen LogP contribution in [0.1, 0.15) is 40.7 Å². The Bertz CT molecular complexity index is 1180. The van der Waals surface area contributed by atoms with Gasteiger partial charge in [0.15, 0.2) is 0 Å². The molecule has 1 atom stereocenters. The third-order valence-electron chi connectivity index (χ3n) is 6.90. The lowest BCUT2D eigenvalue weighted by Gasteiger charge is -2.32. The Labute approximate surface area is 219 Å². The van der Waals surface area contributed by atoms with E-state index in [1.165, 1.54) is 0 Å². The summed E-state index contributed by atoms with van der Waals surface area (Å²) in [5.41, 5.74) is 2.56. The second-order valence-corrected chi connectivity index (χ2v) is 9.51. The van der Waals surface area contributed by atoms with E-state index < -0.39 is 0 Å². The van der Waals surface area contributed by atoms with E-state index in [4.69, 9.17) is 9.47 Å². The van der Waals surface area contributed by atoms with Crippen molar-refractivity contribution in [1.82, 2.24) is 9.80 Å². The highest BCUT2D eigenvalue weighted by Crippen LogP contribution is 2.24. The van der Waals surface area contributed by atoms with E-state index in [1.54, 1.807) is 12.0 Å². The first kappa shape index (κ1) is 26.3. The number of methoxy groups -OCH3 is 1. The summed E-state index contributed by atoms with van der Waals surface area (Å²) >= 11 is 0. The van der Waals surface area contributed by atoms with Crippen molar-refractivity contribution >= 4 is 11.8 Å². The Kier molecular flexibility index (Phi) is 9.19. The molecule has 0 unspecified atom stereocenters. The van der Waals surface area contributed by atoms with E-state index in [9.17, 15) is 9.59 Å². The Balaban J connectivity index is 1.65. The number of carbonyl (C=O) groups excluding carboxylic acids is 2. The van der Waals surface area contributed by atoms with Crippen LogP contribution in [0.4, 0.5) is 0 Å². The fraction of sp³-hybridized carbons (Fsp3) is 0.355. The minimum Gasteiger partial charge on any atom is -0.496 e. The quantitative estimate of drug-likeness (QED) is 0.494. The van der Waals surface area contributed by atoms with Crippen molar-refractivity contribution in [1.29, 1.82) is 0 Å². The number of benzene rings is 3. The summed E-state index contributed by atoms with van der Waals surface area (Å²) in [6, 6.07) is 25.0. The van der Waals surface area contributed by atoms with Crippen LogP contribution in [0.15, 0.2) is 78.9 Å². The lowest BCUT2D eigenvalue weighted by molar-refractivity contribution is -0.133. The molecule has 6 heteroatoms. The number of nitrogens with zero attached hydrogens (tertiary/aromatic N) is 2. The van der Waals surface area contributed by atoms with E-state index in [-0.39, 0.29) is 24.3 Å². The fourth-order valence-electron chi connectivity index (χ4n) is 4.84. The van der Waals surface area contributed by atoms with Gasteiger partial charge in [0.1, 0.15) is 18.1 Å². The molecule has 0 N–H and O–H groups in total. The molecule has 194 valence electrons. The summed E-state index contributed by atoms with van der Waals surface area (Å²) in [5.74, 6) is 1.27. The molecule has 0 radical (unpaired) electrons. The maximum absolute atomic E-state index is 13.8. The van der Waals surface area contributed by atoms with Crippen LogP contribution in [0.2, 0.25) is 0 Å². The summed E-state index contributed by atoms with van der Waals surface area (Å²) in [5, 5.41) is 0. The van der Waals surface area contributed by atoms with Crippen molar-refractivity contribution in [2.45, 2.75) is 38.1 Å². The molecule has 37 heavy (non-hydrogen) atoms. The largest absolute Gasteiger partial charge is 0.496 e. The van der Waals surface area contributed by atoms with Crippen LogP contribution in [0.5, 0.6) is 11.5 Å². The number of ether oxygens (including phenoxy) is 2. The second kappa shape index (κ2) is 12.9. The van der Waals surface area contributed by atoms with Crippen molar-refractivity contribution in [3.05, 3.63) is 95.6 Å². The zero-order chi connectivity index (χ0) is 26.0. The minimum atomic E-state index is -0.189. The van der Waals surface area contributed by atoms with Crippen LogP contribution in [0, 0.1) is 0 Å². The number of para-hydroxylation sites is 2. The molecular weight excluding hydrogens is 464 g/mol. The SMILES string of the molecule is COc1ccccc1CC(=O)N1CCCCCN(C)C(=O)c2ccccc2OC[C@@H]1Cc1ccccc1. The normalized spacial score (nSPS) is 17.0. The fourth-order valence-corrected chi connectivity index (χ4v) is 4.84. The summed E-state index contributed by atoms with van der Waals surface area (Å²) < 4.78 is 11.8. The van der Waals surface area contributed by atoms with E-state index in [0.29, 0.717) is 43.2 Å². The van der Waals surface area contributed by atoms with Crippen molar-refractivity contribution in [2.24, 2.45) is 0 Å². The number of rotatable bonds is 5. The topological polar surface area (TPSA) is 59.1 Å². The molecule has 1 heterocycles. The van der Waals surface area contributed by atoms with E-state index in [2.05, 4.69) is 12.1 Å². The van der Waals surface area contributed by atoms with E-state index >= 15 is 0 Å². The average Bonchev–Trinajstić information content (AvgIpc) is 2.94. The lowest BCUT2D eigenvalue weighted by atomic mass is 10.0. The third-order valence-corrected chi connectivity index (χ3v) is 6.90. The molecule has 0 aliphatic carbocycles. The highest BCUT2D eigenvalue weighted by atomic mass is 16.5. The molecule has 3 aromatic rings. The van der Waals surface area contributed by atoms with E-state index in [0.717, 1.165) is 30.4 Å². The van der Waals surface area contributed by atoms with Crippen molar-refractivity contribution in [3.63, 3.8) is 0 Å². The Morgan fingerprint density at radius 2 is 1.62 bits per heavy atom. The predicted octanol–water partition coefficient (Wildman–Crippen LogP) is 5.01. The Morgan fingerprint density at radius 3 is 2.43 bits per heavy atom. The first-order valence-corrected chi connectivity index (χ1v) is 13.0. The van der Waals surface area contributed by atoms with Gasteiger partial charge in [0.05, 0.1) is 25.1 Å². The third kappa shape index (κ3) is 6.91. The van der Waals surface area contributed by atoms with Gasteiger partial charge in [-0.05, 0) is 49.4 Å². The smallest absolute Gasteiger partial charge is 0.257 e. The molecule has 3 aromatic carbocycles. The van der Waals surface area contributed by atoms with Gasteiger partial charge in [-0.15, -0.1) is 0 Å². The van der Waals surface area contributed by atoms with E-state index in [1.807, 2.05) is 78.7 Å². The number of hydrogen-bond donors (Lipinski definition) is 0. The van der Waals surface area contributed by atoms with Crippen LogP contribution in [0.3, 0.4) is 0 Å². The molecule has 0 bridgehead atoms. The molecule has 1 aliphatic rings. The van der Waals surface area contributed by atoms with Gasteiger partial charge in [-0.3, -0.25) is 9.59 Å². The van der Waals surface area contributed by atoms with Gasteiger partial charge in [0, 0.05) is 25.7 Å². The zero-order valence-electron chi connectivity index (χ0n) is 21.8. The van der Waals surface area contributed by atoms with Crippen molar-refractivity contribution in [3.8, 4) is 11.5 Å². The molecule has 0 saturated heterocycles. The van der Waals surface area contributed by atoms with Gasteiger partial charge in [-0.1, -0.05) is 60.7 Å².